The Kier molecular flexibility index (Phi) is 4.25. The van der Waals surface area contributed by atoms with Crippen molar-refractivity contribution in [2.45, 2.75) is 13.3 Å². The monoisotopic (exact) mass is 309 g/mol. The summed E-state index contributed by atoms with van der Waals surface area (Å²) in [7, 11) is 0. The summed E-state index contributed by atoms with van der Waals surface area (Å²) in [6.07, 6.45) is 4.10. The average molecular weight is 309 g/mol. The third-order valence-electron chi connectivity index (χ3n) is 3.16. The van der Waals surface area contributed by atoms with E-state index >= 15 is 0 Å². The third kappa shape index (κ3) is 3.56. The van der Waals surface area contributed by atoms with Crippen LogP contribution in [0.5, 0.6) is 0 Å². The second-order valence-corrected chi connectivity index (χ2v) is 6.17. The van der Waals surface area contributed by atoms with Gasteiger partial charge in [-0.05, 0) is 24.6 Å². The lowest BCUT2D eigenvalue weighted by atomic mass is 10.1. The molecule has 1 amide bonds. The fourth-order valence-corrected chi connectivity index (χ4v) is 2.71. The van der Waals surface area contributed by atoms with Crippen molar-refractivity contribution < 1.29 is 4.79 Å². The Balaban J connectivity index is 1.67. The largest absolute Gasteiger partial charge is 0.298 e. The first kappa shape index (κ1) is 14.4. The van der Waals surface area contributed by atoms with E-state index in [-0.39, 0.29) is 5.91 Å². The van der Waals surface area contributed by atoms with Gasteiger partial charge in [-0.2, -0.15) is 0 Å². The zero-order valence-electron chi connectivity index (χ0n) is 12.1. The summed E-state index contributed by atoms with van der Waals surface area (Å²) in [4.78, 5) is 21.7. The highest BCUT2D eigenvalue weighted by atomic mass is 32.1. The van der Waals surface area contributed by atoms with Crippen molar-refractivity contribution in [3.63, 3.8) is 0 Å². The number of aromatic nitrogens is 2. The number of aryl methyl sites for hydroxylation is 1. The van der Waals surface area contributed by atoms with E-state index in [2.05, 4.69) is 27.4 Å². The molecule has 0 saturated carbocycles. The second kappa shape index (κ2) is 6.49. The first-order valence-corrected chi connectivity index (χ1v) is 7.75. The van der Waals surface area contributed by atoms with Crippen LogP contribution in [-0.4, -0.2) is 15.9 Å². The van der Waals surface area contributed by atoms with E-state index in [9.17, 15) is 4.79 Å². The van der Waals surface area contributed by atoms with Crippen LogP contribution in [-0.2, 0) is 6.42 Å². The Morgan fingerprint density at radius 2 is 1.91 bits per heavy atom. The van der Waals surface area contributed by atoms with Gasteiger partial charge in [0.2, 0.25) is 0 Å². The number of nitrogens with one attached hydrogen (secondary N) is 1. The number of amides is 1. The standard InChI is InChI=1S/C17H15N3OS/c1-12-10-19-17(22-12)20-16(21)14-7-8-15(18-11-14)9-13-5-3-2-4-6-13/h2-8,10-11H,9H2,1H3,(H,19,20,21). The van der Waals surface area contributed by atoms with Gasteiger partial charge in [0.15, 0.2) is 5.13 Å². The first-order chi connectivity index (χ1) is 10.7. The van der Waals surface area contributed by atoms with E-state index in [1.165, 1.54) is 16.9 Å². The quantitative estimate of drug-likeness (QED) is 0.799. The fourth-order valence-electron chi connectivity index (χ4n) is 2.05. The van der Waals surface area contributed by atoms with E-state index in [0.29, 0.717) is 10.7 Å². The zero-order valence-corrected chi connectivity index (χ0v) is 12.9. The van der Waals surface area contributed by atoms with E-state index in [4.69, 9.17) is 0 Å². The van der Waals surface area contributed by atoms with Crippen LogP contribution < -0.4 is 5.32 Å². The second-order valence-electron chi connectivity index (χ2n) is 4.93. The summed E-state index contributed by atoms with van der Waals surface area (Å²) >= 11 is 1.45. The SMILES string of the molecule is Cc1cnc(NC(=O)c2ccc(Cc3ccccc3)nc2)s1. The van der Waals surface area contributed by atoms with Crippen molar-refractivity contribution >= 4 is 22.4 Å². The Bertz CT molecular complexity index is 766. The number of carbonyl (C=O) groups excluding carboxylic acids is 1. The Morgan fingerprint density at radius 3 is 2.55 bits per heavy atom. The minimum absolute atomic E-state index is 0.187. The highest BCUT2D eigenvalue weighted by molar-refractivity contribution is 7.15. The first-order valence-electron chi connectivity index (χ1n) is 6.93. The number of rotatable bonds is 4. The Hall–Kier alpha value is -2.53. The minimum Gasteiger partial charge on any atom is -0.298 e. The van der Waals surface area contributed by atoms with Gasteiger partial charge < -0.3 is 0 Å². The molecule has 1 aromatic carbocycles. The van der Waals surface area contributed by atoms with E-state index in [1.807, 2.05) is 31.2 Å². The molecular weight excluding hydrogens is 294 g/mol. The van der Waals surface area contributed by atoms with Gasteiger partial charge in [0, 0.05) is 29.4 Å². The van der Waals surface area contributed by atoms with Crippen molar-refractivity contribution in [2.24, 2.45) is 0 Å². The molecule has 0 radical (unpaired) electrons. The van der Waals surface area contributed by atoms with Gasteiger partial charge >= 0.3 is 0 Å². The molecule has 0 spiro atoms. The molecule has 3 rings (SSSR count). The molecule has 1 N–H and O–H groups in total. The summed E-state index contributed by atoms with van der Waals surface area (Å²) in [5.74, 6) is -0.187. The maximum atomic E-state index is 12.1. The molecule has 0 bridgehead atoms. The maximum absolute atomic E-state index is 12.1. The molecule has 4 nitrogen and oxygen atoms in total. The molecular formula is C17H15N3OS. The molecule has 0 aliphatic carbocycles. The summed E-state index contributed by atoms with van der Waals surface area (Å²) < 4.78 is 0. The summed E-state index contributed by atoms with van der Waals surface area (Å²) in [5, 5.41) is 3.38. The van der Waals surface area contributed by atoms with Crippen LogP contribution >= 0.6 is 11.3 Å². The molecule has 0 fully saturated rings. The lowest BCUT2D eigenvalue weighted by molar-refractivity contribution is 0.102. The number of anilines is 1. The van der Waals surface area contributed by atoms with E-state index < -0.39 is 0 Å². The van der Waals surface area contributed by atoms with Crippen LogP contribution in [0, 0.1) is 6.92 Å². The fraction of sp³-hybridized carbons (Fsp3) is 0.118. The van der Waals surface area contributed by atoms with Crippen LogP contribution in [0.4, 0.5) is 5.13 Å². The molecule has 0 aliphatic rings. The lowest BCUT2D eigenvalue weighted by Crippen LogP contribution is -2.12. The number of hydrogen-bond acceptors (Lipinski definition) is 4. The van der Waals surface area contributed by atoms with Crippen LogP contribution in [0.15, 0.2) is 54.9 Å². The Morgan fingerprint density at radius 1 is 1.09 bits per heavy atom. The number of benzene rings is 1. The summed E-state index contributed by atoms with van der Waals surface area (Å²) in [6.45, 7) is 1.95. The topological polar surface area (TPSA) is 54.9 Å². The number of carbonyl (C=O) groups is 1. The lowest BCUT2D eigenvalue weighted by Gasteiger charge is -2.04. The molecule has 0 aliphatic heterocycles. The molecule has 5 heteroatoms. The molecule has 22 heavy (non-hydrogen) atoms. The number of hydrogen-bond donors (Lipinski definition) is 1. The van der Waals surface area contributed by atoms with Crippen LogP contribution in [0.2, 0.25) is 0 Å². The molecule has 0 atom stereocenters. The third-order valence-corrected chi connectivity index (χ3v) is 3.98. The number of thiazole rings is 1. The molecule has 2 aromatic heterocycles. The Labute approximate surface area is 132 Å². The van der Waals surface area contributed by atoms with Crippen LogP contribution in [0.1, 0.15) is 26.5 Å². The van der Waals surface area contributed by atoms with Crippen molar-refractivity contribution in [1.82, 2.24) is 9.97 Å². The number of pyridine rings is 1. The maximum Gasteiger partial charge on any atom is 0.259 e. The summed E-state index contributed by atoms with van der Waals surface area (Å²) in [5.41, 5.74) is 2.67. The molecule has 2 heterocycles. The van der Waals surface area contributed by atoms with Gasteiger partial charge in [-0.1, -0.05) is 30.3 Å². The molecule has 0 unspecified atom stereocenters. The van der Waals surface area contributed by atoms with Gasteiger partial charge in [-0.15, -0.1) is 11.3 Å². The normalized spacial score (nSPS) is 10.4. The van der Waals surface area contributed by atoms with Crippen LogP contribution in [0.25, 0.3) is 0 Å². The molecule has 3 aromatic rings. The predicted molar refractivity (Wildman–Crippen MR) is 88.3 cm³/mol. The zero-order chi connectivity index (χ0) is 15.4. The van der Waals surface area contributed by atoms with Gasteiger partial charge in [0.25, 0.3) is 5.91 Å². The van der Waals surface area contributed by atoms with Gasteiger partial charge in [0.1, 0.15) is 0 Å². The van der Waals surface area contributed by atoms with Crippen molar-refractivity contribution in [2.75, 3.05) is 5.32 Å². The average Bonchev–Trinajstić information content (AvgIpc) is 2.94. The number of nitrogens with zero attached hydrogens (tertiary/aromatic N) is 2. The molecule has 0 saturated heterocycles. The van der Waals surface area contributed by atoms with Crippen molar-refractivity contribution in [3.05, 3.63) is 76.6 Å². The highest BCUT2D eigenvalue weighted by Crippen LogP contribution is 2.17. The van der Waals surface area contributed by atoms with Crippen LogP contribution in [0.3, 0.4) is 0 Å². The molecule has 110 valence electrons. The highest BCUT2D eigenvalue weighted by Gasteiger charge is 2.09. The smallest absolute Gasteiger partial charge is 0.259 e. The van der Waals surface area contributed by atoms with E-state index in [1.54, 1.807) is 18.5 Å². The summed E-state index contributed by atoms with van der Waals surface area (Å²) in [6, 6.07) is 13.8. The predicted octanol–water partition coefficient (Wildman–Crippen LogP) is 3.69. The van der Waals surface area contributed by atoms with Crippen molar-refractivity contribution in [3.8, 4) is 0 Å². The van der Waals surface area contributed by atoms with Gasteiger partial charge in [-0.3, -0.25) is 15.1 Å². The van der Waals surface area contributed by atoms with Gasteiger partial charge in [-0.25, -0.2) is 4.98 Å². The van der Waals surface area contributed by atoms with Gasteiger partial charge in [0.05, 0.1) is 5.56 Å². The van der Waals surface area contributed by atoms with E-state index in [0.717, 1.165) is 17.0 Å². The van der Waals surface area contributed by atoms with Crippen molar-refractivity contribution in [1.29, 1.82) is 0 Å². The minimum atomic E-state index is -0.187.